The number of fused-ring (bicyclic) bond motifs is 1. The third-order valence-electron chi connectivity index (χ3n) is 7.40. The van der Waals surface area contributed by atoms with Gasteiger partial charge < -0.3 is 10.5 Å². The van der Waals surface area contributed by atoms with Gasteiger partial charge in [0.05, 0.1) is 11.5 Å². The van der Waals surface area contributed by atoms with Crippen LogP contribution in [0.15, 0.2) is 66.7 Å². The predicted molar refractivity (Wildman–Crippen MR) is 137 cm³/mol. The molecule has 1 heterocycles. The molecule has 2 atom stereocenters. The molecule has 1 aliphatic carbocycles. The highest BCUT2D eigenvalue weighted by Crippen LogP contribution is 2.35. The van der Waals surface area contributed by atoms with Crippen molar-refractivity contribution in [1.82, 2.24) is 4.90 Å². The van der Waals surface area contributed by atoms with Crippen molar-refractivity contribution >= 4 is 11.9 Å². The van der Waals surface area contributed by atoms with Crippen LogP contribution in [0.1, 0.15) is 52.2 Å². The average Bonchev–Trinajstić information content (AvgIpc) is 2.90. The molecule has 7 heteroatoms. The van der Waals surface area contributed by atoms with Crippen molar-refractivity contribution in [3.63, 3.8) is 0 Å². The van der Waals surface area contributed by atoms with Crippen LogP contribution in [0.4, 0.5) is 8.78 Å². The van der Waals surface area contributed by atoms with E-state index in [1.807, 2.05) is 12.1 Å². The Morgan fingerprint density at radius 2 is 1.57 bits per heavy atom. The number of hydrogen-bond donors (Lipinski definition) is 1. The van der Waals surface area contributed by atoms with E-state index in [2.05, 4.69) is 11.0 Å². The molecule has 1 amide bonds. The number of carbonyl (C=O) groups is 2. The number of nitrogens with two attached hydrogens (primary N) is 1. The van der Waals surface area contributed by atoms with E-state index >= 15 is 0 Å². The van der Waals surface area contributed by atoms with Crippen LogP contribution in [0.2, 0.25) is 0 Å². The lowest BCUT2D eigenvalue weighted by molar-refractivity contribution is -0.122. The number of rotatable bonds is 6. The number of aryl methyl sites for hydroxylation is 1. The number of primary amides is 1. The van der Waals surface area contributed by atoms with E-state index in [1.54, 1.807) is 36.4 Å². The summed E-state index contributed by atoms with van der Waals surface area (Å²) in [6.07, 6.45) is 0.942. The van der Waals surface area contributed by atoms with E-state index in [0.29, 0.717) is 31.2 Å². The van der Waals surface area contributed by atoms with Gasteiger partial charge in [-0.05, 0) is 77.8 Å². The first-order valence-corrected chi connectivity index (χ1v) is 12.7. The molecule has 5 nitrogen and oxygen atoms in total. The first kappa shape index (κ1) is 25.1. The minimum absolute atomic E-state index is 0.309. The Balaban J connectivity index is 1.27. The highest BCUT2D eigenvalue weighted by molar-refractivity contribution is 5.91. The monoisotopic (exact) mass is 504 g/mol. The molecule has 0 bridgehead atoms. The summed E-state index contributed by atoms with van der Waals surface area (Å²) in [5.41, 5.74) is 10.8. The van der Waals surface area contributed by atoms with Crippen LogP contribution < -0.4 is 5.73 Å². The molecule has 3 aromatic rings. The van der Waals surface area contributed by atoms with Crippen LogP contribution in [0.3, 0.4) is 0 Å². The van der Waals surface area contributed by atoms with Crippen molar-refractivity contribution in [3.05, 3.63) is 94.8 Å². The van der Waals surface area contributed by atoms with Gasteiger partial charge in [0.25, 0.3) is 0 Å². The van der Waals surface area contributed by atoms with Crippen molar-refractivity contribution in [1.29, 1.82) is 0 Å². The number of piperidine rings is 1. The van der Waals surface area contributed by atoms with Gasteiger partial charge in [-0.2, -0.15) is 0 Å². The van der Waals surface area contributed by atoms with Gasteiger partial charge in [-0.15, -0.1) is 0 Å². The predicted octanol–water partition coefficient (Wildman–Crippen LogP) is 5.17. The number of esters is 1. The van der Waals surface area contributed by atoms with Gasteiger partial charge in [0, 0.05) is 19.6 Å². The second kappa shape index (κ2) is 10.8. The fourth-order valence-electron chi connectivity index (χ4n) is 5.37. The molecule has 2 unspecified atom stereocenters. The summed E-state index contributed by atoms with van der Waals surface area (Å²) >= 11 is 0. The number of hydrogen-bond acceptors (Lipinski definition) is 4. The molecule has 2 aliphatic rings. The largest absolute Gasteiger partial charge is 0.458 e. The summed E-state index contributed by atoms with van der Waals surface area (Å²) in [5, 5.41) is 0. The molecule has 5 rings (SSSR count). The molecule has 0 aromatic heterocycles. The zero-order chi connectivity index (χ0) is 25.9. The molecule has 0 radical (unpaired) electrons. The van der Waals surface area contributed by atoms with Crippen LogP contribution in [-0.4, -0.2) is 42.1 Å². The zero-order valence-corrected chi connectivity index (χ0v) is 20.5. The van der Waals surface area contributed by atoms with E-state index in [-0.39, 0.29) is 5.82 Å². The maximum atomic E-state index is 13.5. The lowest BCUT2D eigenvalue weighted by Gasteiger charge is -2.32. The first-order chi connectivity index (χ1) is 17.9. The minimum atomic E-state index is -0.720. The van der Waals surface area contributed by atoms with Gasteiger partial charge >= 0.3 is 5.97 Å². The molecule has 0 saturated carbocycles. The quantitative estimate of drug-likeness (QED) is 0.471. The Kier molecular flexibility index (Phi) is 7.33. The molecule has 1 aliphatic heterocycles. The van der Waals surface area contributed by atoms with Crippen molar-refractivity contribution in [2.24, 2.45) is 5.73 Å². The number of nitrogens with zero attached hydrogens (tertiary/aromatic N) is 1. The van der Waals surface area contributed by atoms with Crippen LogP contribution in [0.25, 0.3) is 11.1 Å². The summed E-state index contributed by atoms with van der Waals surface area (Å²) in [4.78, 5) is 27.6. The maximum absolute atomic E-state index is 13.5. The first-order valence-electron chi connectivity index (χ1n) is 12.7. The zero-order valence-electron chi connectivity index (χ0n) is 20.5. The summed E-state index contributed by atoms with van der Waals surface area (Å²) < 4.78 is 32.5. The molecule has 1 saturated heterocycles. The molecule has 37 heavy (non-hydrogen) atoms. The highest BCUT2D eigenvalue weighted by Gasteiger charge is 2.36. The molecule has 1 fully saturated rings. The Morgan fingerprint density at radius 3 is 2.22 bits per heavy atom. The number of carbonyl (C=O) groups excluding carboxylic acids is 2. The smallest absolute Gasteiger partial charge is 0.338 e. The Hall–Kier alpha value is -3.58. The molecular weight excluding hydrogens is 474 g/mol. The number of amides is 1. The van der Waals surface area contributed by atoms with Crippen molar-refractivity contribution in [2.75, 3.05) is 13.1 Å². The number of alkyl halides is 1. The van der Waals surface area contributed by atoms with Crippen LogP contribution in [-0.2, 0) is 22.5 Å². The Bertz CT molecular complexity index is 1270. The molecular formula is C30H30F2N2O3. The third-order valence-corrected chi connectivity index (χ3v) is 7.40. The van der Waals surface area contributed by atoms with Gasteiger partial charge in [0.1, 0.15) is 18.1 Å². The molecule has 2 N–H and O–H groups in total. The third kappa shape index (κ3) is 5.72. The van der Waals surface area contributed by atoms with Gasteiger partial charge in [0.2, 0.25) is 5.91 Å². The Labute approximate surface area is 215 Å². The van der Waals surface area contributed by atoms with Crippen LogP contribution >= 0.6 is 0 Å². The van der Waals surface area contributed by atoms with E-state index < -0.39 is 30.1 Å². The normalized spacial score (nSPS) is 20.3. The minimum Gasteiger partial charge on any atom is -0.458 e. The average molecular weight is 505 g/mol. The maximum Gasteiger partial charge on any atom is 0.338 e. The van der Waals surface area contributed by atoms with Gasteiger partial charge in [0.15, 0.2) is 0 Å². The van der Waals surface area contributed by atoms with E-state index in [9.17, 15) is 18.4 Å². The highest BCUT2D eigenvalue weighted by atomic mass is 19.1. The molecule has 3 aromatic carbocycles. The van der Waals surface area contributed by atoms with Crippen LogP contribution in [0.5, 0.6) is 0 Å². The summed E-state index contributed by atoms with van der Waals surface area (Å²) in [6, 6.07) is 19.0. The second-order valence-corrected chi connectivity index (χ2v) is 9.93. The van der Waals surface area contributed by atoms with E-state index in [4.69, 9.17) is 10.5 Å². The van der Waals surface area contributed by atoms with Crippen molar-refractivity contribution < 1.29 is 23.1 Å². The topological polar surface area (TPSA) is 72.6 Å². The number of halogens is 2. The Morgan fingerprint density at radius 1 is 0.919 bits per heavy atom. The fourth-order valence-corrected chi connectivity index (χ4v) is 5.37. The number of ether oxygens (including phenoxy) is 1. The lowest BCUT2D eigenvalue weighted by Crippen LogP contribution is -2.38. The van der Waals surface area contributed by atoms with E-state index in [0.717, 1.165) is 47.5 Å². The summed E-state index contributed by atoms with van der Waals surface area (Å²) in [5.74, 6) is -2.07. The van der Waals surface area contributed by atoms with E-state index in [1.165, 1.54) is 12.1 Å². The van der Waals surface area contributed by atoms with Crippen molar-refractivity contribution in [3.8, 4) is 11.1 Å². The lowest BCUT2D eigenvalue weighted by atomic mass is 9.79. The standard InChI is InChI=1S/C30H30F2N2O3/c31-24-9-6-21(7-10-24)20-2-4-22(5-3-20)30(36)37-27-12-8-23-17-19(1-11-26(23)28(27)29(33)35)18-34-15-13-25(32)14-16-34/h1-7,9-11,17,25,27-28H,8,12-16,18H2,(H2,33,35). The van der Waals surface area contributed by atoms with Gasteiger partial charge in [-0.25, -0.2) is 13.6 Å². The molecule has 192 valence electrons. The number of likely N-dealkylation sites (tertiary alicyclic amines) is 1. The summed E-state index contributed by atoms with van der Waals surface area (Å²) in [6.45, 7) is 2.23. The summed E-state index contributed by atoms with van der Waals surface area (Å²) in [7, 11) is 0. The number of benzene rings is 3. The van der Waals surface area contributed by atoms with Crippen molar-refractivity contribution in [2.45, 2.75) is 50.4 Å². The van der Waals surface area contributed by atoms with Crippen LogP contribution in [0, 0.1) is 5.82 Å². The van der Waals surface area contributed by atoms with Gasteiger partial charge in [-0.3, -0.25) is 9.69 Å². The fraction of sp³-hybridized carbons (Fsp3) is 0.333. The molecule has 0 spiro atoms. The second-order valence-electron chi connectivity index (χ2n) is 9.93. The van der Waals surface area contributed by atoms with Gasteiger partial charge in [-0.1, -0.05) is 42.5 Å². The SMILES string of the molecule is NC(=O)C1c2ccc(CN3CCC(F)CC3)cc2CCC1OC(=O)c1ccc(-c2ccc(F)cc2)cc1.